The Kier molecular flexibility index (Phi) is 3.70. The molecule has 0 amide bonds. The van der Waals surface area contributed by atoms with E-state index in [1.807, 2.05) is 0 Å². The second kappa shape index (κ2) is 5.68. The van der Waals surface area contributed by atoms with Crippen molar-refractivity contribution in [3.05, 3.63) is 65.7 Å². The highest BCUT2D eigenvalue weighted by Gasteiger charge is 2.45. The molecule has 23 heavy (non-hydrogen) atoms. The molecule has 0 saturated heterocycles. The predicted molar refractivity (Wildman–Crippen MR) is 84.6 cm³/mol. The fraction of sp³-hybridized carbons (Fsp3) is 0.167. The van der Waals surface area contributed by atoms with Crippen LogP contribution in [0.5, 0.6) is 5.75 Å². The molecule has 1 atom stereocenters. The largest absolute Gasteiger partial charge is 0.497 e. The molecule has 1 heterocycles. The first kappa shape index (κ1) is 15.0. The van der Waals surface area contributed by atoms with Crippen molar-refractivity contribution in [2.24, 2.45) is 4.99 Å². The van der Waals surface area contributed by atoms with Crippen molar-refractivity contribution in [3.8, 4) is 5.75 Å². The number of aliphatic imine (C=N–C) groups is 1. The number of carbonyl (C=O) groups excluding carboxylic acids is 2. The molecule has 3 rings (SSSR count). The highest BCUT2D eigenvalue weighted by Crippen LogP contribution is 2.34. The van der Waals surface area contributed by atoms with Crippen molar-refractivity contribution < 1.29 is 19.1 Å². The van der Waals surface area contributed by atoms with Crippen molar-refractivity contribution in [2.75, 3.05) is 7.11 Å². The molecular formula is C18H15NO4. The molecule has 0 N–H and O–H groups in total. The van der Waals surface area contributed by atoms with Gasteiger partial charge >= 0.3 is 5.97 Å². The van der Waals surface area contributed by atoms with E-state index in [1.165, 1.54) is 0 Å². The van der Waals surface area contributed by atoms with Crippen LogP contribution >= 0.6 is 0 Å². The first-order valence-corrected chi connectivity index (χ1v) is 7.11. The Morgan fingerprint density at radius 2 is 1.87 bits per heavy atom. The molecule has 2 aromatic rings. The van der Waals surface area contributed by atoms with E-state index in [0.717, 1.165) is 0 Å². The highest BCUT2D eigenvalue weighted by atomic mass is 16.6. The van der Waals surface area contributed by atoms with Gasteiger partial charge in [-0.05, 0) is 24.6 Å². The molecule has 0 radical (unpaired) electrons. The van der Waals surface area contributed by atoms with E-state index < -0.39 is 17.3 Å². The maximum atomic E-state index is 12.4. The smallest absolute Gasteiger partial charge is 0.345 e. The molecule has 5 heteroatoms. The Bertz CT molecular complexity index is 798. The summed E-state index contributed by atoms with van der Waals surface area (Å²) in [5.74, 6) is -0.573. The first-order chi connectivity index (χ1) is 11.0. The number of esters is 1. The zero-order valence-corrected chi connectivity index (χ0v) is 12.8. The SMILES string of the molecule is COc1cccc(C2(C)N=C(C(=O)c3ccccc3)OC2=O)c1. The number of ether oxygens (including phenoxy) is 2. The number of methoxy groups -OCH3 is 1. The number of ketones is 1. The molecule has 116 valence electrons. The minimum absolute atomic E-state index is 0.188. The van der Waals surface area contributed by atoms with Crippen LogP contribution < -0.4 is 4.74 Å². The van der Waals surface area contributed by atoms with Gasteiger partial charge in [-0.25, -0.2) is 9.79 Å². The summed E-state index contributed by atoms with van der Waals surface area (Å²) in [6, 6.07) is 15.6. The molecule has 0 aliphatic carbocycles. The molecule has 1 unspecified atom stereocenters. The zero-order valence-electron chi connectivity index (χ0n) is 12.8. The third-order valence-electron chi connectivity index (χ3n) is 3.77. The first-order valence-electron chi connectivity index (χ1n) is 7.11. The summed E-state index contributed by atoms with van der Waals surface area (Å²) in [5, 5.41) is 0. The number of hydrogen-bond acceptors (Lipinski definition) is 5. The Balaban J connectivity index is 1.98. The lowest BCUT2D eigenvalue weighted by Crippen LogP contribution is -2.27. The third-order valence-corrected chi connectivity index (χ3v) is 3.77. The molecule has 0 fully saturated rings. The van der Waals surface area contributed by atoms with Gasteiger partial charge in [0, 0.05) is 5.56 Å². The van der Waals surface area contributed by atoms with E-state index in [9.17, 15) is 9.59 Å². The number of Topliss-reactive ketones (excluding diaryl/α,β-unsaturated/α-hetero) is 1. The molecule has 1 aliphatic rings. The number of benzene rings is 2. The summed E-state index contributed by atoms with van der Waals surface area (Å²) in [6.07, 6.45) is 0. The van der Waals surface area contributed by atoms with Gasteiger partial charge in [0.25, 0.3) is 5.90 Å². The van der Waals surface area contributed by atoms with Gasteiger partial charge in [0.15, 0.2) is 5.54 Å². The van der Waals surface area contributed by atoms with Crippen LogP contribution in [0.25, 0.3) is 0 Å². The van der Waals surface area contributed by atoms with Crippen LogP contribution in [-0.4, -0.2) is 24.8 Å². The van der Waals surface area contributed by atoms with Gasteiger partial charge < -0.3 is 9.47 Å². The molecule has 0 bridgehead atoms. The number of cyclic esters (lactones) is 1. The lowest BCUT2D eigenvalue weighted by molar-refractivity contribution is -0.138. The Morgan fingerprint density at radius 1 is 1.13 bits per heavy atom. The molecule has 5 nitrogen and oxygen atoms in total. The molecule has 2 aromatic carbocycles. The second-order valence-corrected chi connectivity index (χ2v) is 5.31. The zero-order chi connectivity index (χ0) is 16.4. The van der Waals surface area contributed by atoms with Crippen molar-refractivity contribution in [1.29, 1.82) is 0 Å². The topological polar surface area (TPSA) is 65.0 Å². The number of nitrogens with zero attached hydrogens (tertiary/aromatic N) is 1. The lowest BCUT2D eigenvalue weighted by Gasteiger charge is -2.17. The van der Waals surface area contributed by atoms with Crippen LogP contribution in [-0.2, 0) is 15.1 Å². The normalized spacial score (nSPS) is 19.9. The number of hydrogen-bond donors (Lipinski definition) is 0. The molecule has 0 aromatic heterocycles. The van der Waals surface area contributed by atoms with Crippen molar-refractivity contribution in [1.82, 2.24) is 0 Å². The minimum atomic E-state index is -1.26. The number of rotatable bonds is 4. The average Bonchev–Trinajstić information content (AvgIpc) is 2.91. The quantitative estimate of drug-likeness (QED) is 0.643. The summed E-state index contributed by atoms with van der Waals surface area (Å²) in [6.45, 7) is 1.62. The Hall–Kier alpha value is -2.95. The highest BCUT2D eigenvalue weighted by molar-refractivity contribution is 6.45. The summed E-state index contributed by atoms with van der Waals surface area (Å²) in [7, 11) is 1.54. The van der Waals surface area contributed by atoms with Crippen LogP contribution in [0.3, 0.4) is 0 Å². The summed E-state index contributed by atoms with van der Waals surface area (Å²) in [5.41, 5.74) is -0.222. The van der Waals surface area contributed by atoms with E-state index in [2.05, 4.69) is 4.99 Å². The Morgan fingerprint density at radius 3 is 2.57 bits per heavy atom. The van der Waals surface area contributed by atoms with Gasteiger partial charge in [-0.3, -0.25) is 4.79 Å². The van der Waals surface area contributed by atoms with Gasteiger partial charge in [0.2, 0.25) is 5.78 Å². The fourth-order valence-corrected chi connectivity index (χ4v) is 2.38. The molecular weight excluding hydrogens is 294 g/mol. The molecule has 0 spiro atoms. The van der Waals surface area contributed by atoms with Gasteiger partial charge in [-0.15, -0.1) is 0 Å². The van der Waals surface area contributed by atoms with Crippen LogP contribution in [0.2, 0.25) is 0 Å². The molecule has 0 saturated carbocycles. The van der Waals surface area contributed by atoms with E-state index in [1.54, 1.807) is 68.6 Å². The van der Waals surface area contributed by atoms with Gasteiger partial charge in [0.1, 0.15) is 5.75 Å². The van der Waals surface area contributed by atoms with Crippen LogP contribution in [0.15, 0.2) is 59.6 Å². The molecule has 1 aliphatic heterocycles. The van der Waals surface area contributed by atoms with Crippen LogP contribution in [0, 0.1) is 0 Å². The maximum Gasteiger partial charge on any atom is 0.345 e. The monoisotopic (exact) mass is 309 g/mol. The third kappa shape index (κ3) is 2.61. The average molecular weight is 309 g/mol. The lowest BCUT2D eigenvalue weighted by atomic mass is 9.93. The summed E-state index contributed by atoms with van der Waals surface area (Å²) >= 11 is 0. The summed E-state index contributed by atoms with van der Waals surface area (Å²) in [4.78, 5) is 29.0. The van der Waals surface area contributed by atoms with Crippen molar-refractivity contribution >= 4 is 17.7 Å². The number of carbonyl (C=O) groups is 2. The van der Waals surface area contributed by atoms with E-state index >= 15 is 0 Å². The minimum Gasteiger partial charge on any atom is -0.497 e. The van der Waals surface area contributed by atoms with E-state index in [-0.39, 0.29) is 5.90 Å². The van der Waals surface area contributed by atoms with Gasteiger partial charge in [-0.2, -0.15) is 0 Å². The van der Waals surface area contributed by atoms with E-state index in [4.69, 9.17) is 9.47 Å². The van der Waals surface area contributed by atoms with Gasteiger partial charge in [-0.1, -0.05) is 42.5 Å². The van der Waals surface area contributed by atoms with Crippen molar-refractivity contribution in [2.45, 2.75) is 12.5 Å². The standard InChI is InChI=1S/C18H15NO4/c1-18(13-9-6-10-14(11-13)22-2)17(21)23-16(19-18)15(20)12-7-4-3-5-8-12/h3-11H,1-2H3. The van der Waals surface area contributed by atoms with Crippen molar-refractivity contribution in [3.63, 3.8) is 0 Å². The predicted octanol–water partition coefficient (Wildman–Crippen LogP) is 2.75. The van der Waals surface area contributed by atoms with Gasteiger partial charge in [0.05, 0.1) is 7.11 Å². The second-order valence-electron chi connectivity index (χ2n) is 5.31. The van der Waals surface area contributed by atoms with Crippen LogP contribution in [0.1, 0.15) is 22.8 Å². The fourth-order valence-electron chi connectivity index (χ4n) is 2.38. The Labute approximate surface area is 133 Å². The van der Waals surface area contributed by atoms with Crippen LogP contribution in [0.4, 0.5) is 0 Å². The van der Waals surface area contributed by atoms with E-state index in [0.29, 0.717) is 16.9 Å². The maximum absolute atomic E-state index is 12.4. The summed E-state index contributed by atoms with van der Waals surface area (Å²) < 4.78 is 10.3.